The Bertz CT molecular complexity index is 1340. The van der Waals surface area contributed by atoms with Gasteiger partial charge in [0.1, 0.15) is 17.5 Å². The maximum absolute atomic E-state index is 12.6. The largest absolute Gasteiger partial charge is 0.481 e. The van der Waals surface area contributed by atoms with Crippen molar-refractivity contribution in [3.05, 3.63) is 76.7 Å². The lowest BCUT2D eigenvalue weighted by molar-refractivity contribution is -0.137. The molecule has 4 amide bonds. The van der Waals surface area contributed by atoms with Gasteiger partial charge in [-0.1, -0.05) is 60.1 Å². The normalized spacial score (nSPS) is 12.0. The van der Waals surface area contributed by atoms with E-state index < -0.39 is 76.1 Å². The molecule has 0 spiro atoms. The number of carboxylic acids is 1. The van der Waals surface area contributed by atoms with Gasteiger partial charge in [-0.2, -0.15) is 0 Å². The van der Waals surface area contributed by atoms with Gasteiger partial charge in [0.05, 0.1) is 30.4 Å². The highest BCUT2D eigenvalue weighted by molar-refractivity contribution is 7.96. The number of alkyl carbamates (subject to hydrolysis) is 1. The van der Waals surface area contributed by atoms with Gasteiger partial charge in [-0.25, -0.2) is 13.2 Å². The number of carbonyl (C=O) groups excluding carboxylic acids is 4. The smallest absolute Gasteiger partial charge is 0.407 e. The van der Waals surface area contributed by atoms with Gasteiger partial charge in [0.25, 0.3) is 0 Å². The van der Waals surface area contributed by atoms with Gasteiger partial charge in [0, 0.05) is 0 Å². The number of amides is 4. The molecule has 0 aliphatic heterocycles. The average Bonchev–Trinajstić information content (AvgIpc) is 2.93. The molecule has 40 heavy (non-hydrogen) atoms. The van der Waals surface area contributed by atoms with Crippen LogP contribution >= 0.6 is 11.6 Å². The Morgan fingerprint density at radius 1 is 0.825 bits per heavy atom. The zero-order valence-electron chi connectivity index (χ0n) is 21.0. The molecule has 2 aromatic carbocycles. The van der Waals surface area contributed by atoms with Crippen molar-refractivity contribution in [3.63, 3.8) is 0 Å². The van der Waals surface area contributed by atoms with E-state index >= 15 is 0 Å². The number of rotatable bonds is 14. The number of ether oxygens (including phenoxy) is 1. The van der Waals surface area contributed by atoms with Gasteiger partial charge in [0.2, 0.25) is 27.6 Å². The van der Waals surface area contributed by atoms with E-state index in [1.807, 2.05) is 6.07 Å². The van der Waals surface area contributed by atoms with Gasteiger partial charge in [0.15, 0.2) is 0 Å². The second kappa shape index (κ2) is 15.9. The molecular formula is C25H27ClN4O9S. The molecule has 15 heteroatoms. The van der Waals surface area contributed by atoms with Crippen molar-refractivity contribution in [3.8, 4) is 0 Å². The monoisotopic (exact) mass is 594 g/mol. The second-order valence-electron chi connectivity index (χ2n) is 8.03. The maximum atomic E-state index is 12.6. The molecule has 1 atom stereocenters. The quantitative estimate of drug-likeness (QED) is 0.208. The highest BCUT2D eigenvalue weighted by Gasteiger charge is 2.22. The lowest BCUT2D eigenvalue weighted by Gasteiger charge is -2.15. The Balaban J connectivity index is 1.76. The van der Waals surface area contributed by atoms with Gasteiger partial charge in [-0.3, -0.25) is 19.2 Å². The predicted octanol–water partition coefficient (Wildman–Crippen LogP) is 0.659. The van der Waals surface area contributed by atoms with E-state index in [4.69, 9.17) is 21.4 Å². The van der Waals surface area contributed by atoms with Gasteiger partial charge < -0.3 is 31.1 Å². The van der Waals surface area contributed by atoms with Crippen LogP contribution in [0.4, 0.5) is 4.79 Å². The van der Waals surface area contributed by atoms with E-state index in [1.165, 1.54) is 24.3 Å². The Morgan fingerprint density at radius 2 is 1.35 bits per heavy atom. The van der Waals surface area contributed by atoms with Crippen LogP contribution in [0.1, 0.15) is 12.0 Å². The standard InChI is InChI=1S/C25H27ClN4O9S/c26-20(40(37,38)19-9-5-2-6-10-19)11-18(12-24(34)35)30-23(33)15-28-21(31)13-27-22(32)14-29-25(36)39-16-17-7-3-1-4-8-17/h1-11,18H,12-16H2,(H,27,32)(H,28,31)(H,29,36)(H,30,33)(H,34,35)/b20-11+/t18-/m1/s1. The van der Waals surface area contributed by atoms with Crippen LogP contribution in [-0.4, -0.2) is 69.0 Å². The summed E-state index contributed by atoms with van der Waals surface area (Å²) < 4.78 is 29.4. The first-order valence-corrected chi connectivity index (χ1v) is 13.5. The molecule has 0 aromatic heterocycles. The molecule has 13 nitrogen and oxygen atoms in total. The van der Waals surface area contributed by atoms with Crippen LogP contribution in [0.3, 0.4) is 0 Å². The molecule has 0 heterocycles. The molecule has 0 unspecified atom stereocenters. The summed E-state index contributed by atoms with van der Waals surface area (Å²) in [5, 5.41) is 18.1. The molecule has 214 valence electrons. The first-order valence-electron chi connectivity index (χ1n) is 11.6. The third-order valence-electron chi connectivity index (χ3n) is 4.88. The highest BCUT2D eigenvalue weighted by Crippen LogP contribution is 2.22. The minimum Gasteiger partial charge on any atom is -0.481 e. The number of sulfone groups is 1. The zero-order chi connectivity index (χ0) is 29.5. The van der Waals surface area contributed by atoms with Crippen LogP contribution in [0.2, 0.25) is 0 Å². The van der Waals surface area contributed by atoms with E-state index in [0.717, 1.165) is 11.6 Å². The first-order chi connectivity index (χ1) is 19.0. The van der Waals surface area contributed by atoms with E-state index in [0.29, 0.717) is 0 Å². The number of benzene rings is 2. The summed E-state index contributed by atoms with van der Waals surface area (Å²) in [7, 11) is -4.14. The number of halogens is 1. The van der Waals surface area contributed by atoms with Crippen LogP contribution in [0, 0.1) is 0 Å². The molecule has 0 saturated carbocycles. The van der Waals surface area contributed by atoms with E-state index in [-0.39, 0.29) is 11.5 Å². The SMILES string of the molecule is O=C(O)C[C@@H](/C=C(\Cl)S(=O)(=O)c1ccccc1)NC(=O)CNC(=O)CNC(=O)CNC(=O)OCc1ccccc1. The van der Waals surface area contributed by atoms with Crippen molar-refractivity contribution < 1.29 is 42.2 Å². The molecule has 0 aliphatic carbocycles. The minimum absolute atomic E-state index is 0.0108. The Hall–Kier alpha value is -4.43. The van der Waals surface area contributed by atoms with Crippen molar-refractivity contribution in [2.45, 2.75) is 24.0 Å². The first kappa shape index (κ1) is 31.8. The molecule has 0 aliphatic rings. The average molecular weight is 595 g/mol. The number of aliphatic carboxylic acids is 1. The third-order valence-corrected chi connectivity index (χ3v) is 7.16. The van der Waals surface area contributed by atoms with Crippen LogP contribution < -0.4 is 21.3 Å². The van der Waals surface area contributed by atoms with Crippen molar-refractivity contribution in [2.75, 3.05) is 19.6 Å². The molecule has 0 radical (unpaired) electrons. The van der Waals surface area contributed by atoms with E-state index in [2.05, 4.69) is 21.3 Å². The number of hydrogen-bond acceptors (Lipinski definition) is 8. The van der Waals surface area contributed by atoms with Crippen molar-refractivity contribution in [1.82, 2.24) is 21.3 Å². The summed E-state index contributed by atoms with van der Waals surface area (Å²) in [5.74, 6) is -3.64. The second-order valence-corrected chi connectivity index (χ2v) is 10.6. The summed E-state index contributed by atoms with van der Waals surface area (Å²) >= 11 is 5.94. The predicted molar refractivity (Wildman–Crippen MR) is 142 cm³/mol. The number of carbonyl (C=O) groups is 5. The van der Waals surface area contributed by atoms with Crippen molar-refractivity contribution >= 4 is 51.2 Å². The van der Waals surface area contributed by atoms with Crippen molar-refractivity contribution in [2.24, 2.45) is 0 Å². The molecular weight excluding hydrogens is 568 g/mol. The molecule has 2 aromatic rings. The minimum atomic E-state index is -4.14. The van der Waals surface area contributed by atoms with Crippen LogP contribution in [0.25, 0.3) is 0 Å². The summed E-state index contributed by atoms with van der Waals surface area (Å²) in [4.78, 5) is 58.8. The van der Waals surface area contributed by atoms with Crippen LogP contribution in [-0.2, 0) is 40.4 Å². The zero-order valence-corrected chi connectivity index (χ0v) is 22.5. The fraction of sp³-hybridized carbons (Fsp3) is 0.240. The third kappa shape index (κ3) is 11.5. The van der Waals surface area contributed by atoms with E-state index in [9.17, 15) is 32.4 Å². The maximum Gasteiger partial charge on any atom is 0.407 e. The fourth-order valence-corrected chi connectivity index (χ4v) is 4.47. The fourth-order valence-electron chi connectivity index (χ4n) is 2.97. The lowest BCUT2D eigenvalue weighted by atomic mass is 10.2. The summed E-state index contributed by atoms with van der Waals surface area (Å²) in [6.07, 6.45) is -0.630. The summed E-state index contributed by atoms with van der Waals surface area (Å²) in [6.45, 7) is -1.58. The number of nitrogens with one attached hydrogen (secondary N) is 4. The Morgan fingerprint density at radius 3 is 1.93 bits per heavy atom. The Labute approximate surface area is 234 Å². The van der Waals surface area contributed by atoms with E-state index in [1.54, 1.807) is 30.3 Å². The molecule has 0 fully saturated rings. The summed E-state index contributed by atoms with van der Waals surface area (Å²) in [5.41, 5.74) is 0.758. The Kier molecular flexibility index (Phi) is 12.6. The van der Waals surface area contributed by atoms with Crippen LogP contribution in [0.5, 0.6) is 0 Å². The molecule has 5 N–H and O–H groups in total. The summed E-state index contributed by atoms with van der Waals surface area (Å²) in [6, 6.07) is 14.7. The van der Waals surface area contributed by atoms with Crippen LogP contribution in [0.15, 0.2) is 76.0 Å². The van der Waals surface area contributed by atoms with Crippen molar-refractivity contribution in [1.29, 1.82) is 0 Å². The number of carboxylic acid groups (broad SMARTS) is 1. The van der Waals surface area contributed by atoms with Gasteiger partial charge in [-0.15, -0.1) is 0 Å². The van der Waals surface area contributed by atoms with Gasteiger partial charge in [-0.05, 0) is 23.8 Å². The van der Waals surface area contributed by atoms with Gasteiger partial charge >= 0.3 is 12.1 Å². The topological polar surface area (TPSA) is 197 Å². The number of hydrogen-bond donors (Lipinski definition) is 5. The lowest BCUT2D eigenvalue weighted by Crippen LogP contribution is -2.46. The molecule has 0 saturated heterocycles. The highest BCUT2D eigenvalue weighted by atomic mass is 35.5. The molecule has 0 bridgehead atoms. The molecule has 2 rings (SSSR count).